The van der Waals surface area contributed by atoms with Crippen molar-refractivity contribution in [2.75, 3.05) is 5.32 Å². The molecule has 1 aliphatic carbocycles. The number of nitrogens with one attached hydrogen (secondary N) is 1. The number of carbonyl (C=O) groups is 2. The van der Waals surface area contributed by atoms with E-state index in [2.05, 4.69) is 5.32 Å². The lowest BCUT2D eigenvalue weighted by atomic mass is 10.1. The van der Waals surface area contributed by atoms with Gasteiger partial charge in [-0.3, -0.25) is 4.79 Å². The van der Waals surface area contributed by atoms with Crippen LogP contribution in [0.4, 0.5) is 5.69 Å². The summed E-state index contributed by atoms with van der Waals surface area (Å²) in [5, 5.41) is 12.2. The highest BCUT2D eigenvalue weighted by atomic mass is 35.5. The summed E-state index contributed by atoms with van der Waals surface area (Å²) < 4.78 is 0. The molecule has 0 heterocycles. The minimum Gasteiger partial charge on any atom is -0.480 e. The largest absolute Gasteiger partial charge is 0.480 e. The molecule has 1 unspecified atom stereocenters. The summed E-state index contributed by atoms with van der Waals surface area (Å²) in [4.78, 5) is 22.1. The number of carboxylic acids is 1. The predicted molar refractivity (Wildman–Crippen MR) is 67.7 cm³/mol. The zero-order valence-corrected chi connectivity index (χ0v) is 10.3. The van der Waals surface area contributed by atoms with Crippen LogP contribution >= 0.6 is 11.6 Å². The highest BCUT2D eigenvalue weighted by Gasteiger charge is 2.36. The molecular weight excluding hydrogens is 256 g/mol. The van der Waals surface area contributed by atoms with Crippen LogP contribution in [0.25, 0.3) is 0 Å². The Morgan fingerprint density at radius 2 is 2.11 bits per heavy atom. The Morgan fingerprint density at radius 1 is 1.44 bits per heavy atom. The summed E-state index contributed by atoms with van der Waals surface area (Å²) >= 11 is 5.89. The van der Waals surface area contributed by atoms with E-state index in [-0.39, 0.29) is 16.5 Å². The number of nitrogens with two attached hydrogens (primary N) is 1. The molecule has 0 aliphatic heterocycles. The first kappa shape index (κ1) is 12.7. The molecule has 0 radical (unpaired) electrons. The van der Waals surface area contributed by atoms with Gasteiger partial charge in [0, 0.05) is 5.69 Å². The molecule has 1 saturated carbocycles. The van der Waals surface area contributed by atoms with E-state index in [1.165, 1.54) is 12.1 Å². The van der Waals surface area contributed by atoms with Crippen molar-refractivity contribution < 1.29 is 14.7 Å². The van der Waals surface area contributed by atoms with E-state index in [0.717, 1.165) is 12.8 Å². The lowest BCUT2D eigenvalue weighted by Gasteiger charge is -2.15. The van der Waals surface area contributed by atoms with E-state index < -0.39 is 17.9 Å². The van der Waals surface area contributed by atoms with Crippen LogP contribution in [0.15, 0.2) is 18.2 Å². The number of halogens is 1. The van der Waals surface area contributed by atoms with Crippen LogP contribution in [0.5, 0.6) is 0 Å². The monoisotopic (exact) mass is 268 g/mol. The number of carboxylic acid groups (broad SMARTS) is 1. The maximum atomic E-state index is 11.1. The molecule has 1 atom stereocenters. The van der Waals surface area contributed by atoms with Crippen molar-refractivity contribution in [2.45, 2.75) is 18.9 Å². The number of primary amides is 1. The molecule has 0 bridgehead atoms. The first-order chi connectivity index (χ1) is 8.49. The fraction of sp³-hybridized carbons (Fsp3) is 0.333. The number of anilines is 1. The Labute approximate surface area is 109 Å². The van der Waals surface area contributed by atoms with Crippen molar-refractivity contribution in [1.29, 1.82) is 0 Å². The van der Waals surface area contributed by atoms with E-state index >= 15 is 0 Å². The molecule has 18 heavy (non-hydrogen) atoms. The fourth-order valence-corrected chi connectivity index (χ4v) is 2.07. The molecule has 1 fully saturated rings. The van der Waals surface area contributed by atoms with Gasteiger partial charge in [-0.15, -0.1) is 0 Å². The number of aliphatic carboxylic acids is 1. The van der Waals surface area contributed by atoms with Crippen molar-refractivity contribution in [1.82, 2.24) is 0 Å². The van der Waals surface area contributed by atoms with E-state index in [1.54, 1.807) is 6.07 Å². The summed E-state index contributed by atoms with van der Waals surface area (Å²) in [5.41, 5.74) is 5.93. The second kappa shape index (κ2) is 4.86. The first-order valence-electron chi connectivity index (χ1n) is 5.57. The van der Waals surface area contributed by atoms with Crippen molar-refractivity contribution in [3.05, 3.63) is 28.8 Å². The third kappa shape index (κ3) is 2.73. The molecule has 1 aliphatic rings. The number of benzene rings is 1. The quantitative estimate of drug-likeness (QED) is 0.758. The van der Waals surface area contributed by atoms with Gasteiger partial charge in [-0.25, -0.2) is 4.79 Å². The predicted octanol–water partition coefficient (Wildman–Crippen LogP) is 1.71. The average Bonchev–Trinajstić information content (AvgIpc) is 3.08. The van der Waals surface area contributed by atoms with Crippen LogP contribution in [-0.4, -0.2) is 23.0 Å². The van der Waals surface area contributed by atoms with Crippen molar-refractivity contribution in [2.24, 2.45) is 11.7 Å². The van der Waals surface area contributed by atoms with Gasteiger partial charge in [0.1, 0.15) is 6.04 Å². The Morgan fingerprint density at radius 3 is 2.56 bits per heavy atom. The van der Waals surface area contributed by atoms with Crippen LogP contribution in [0, 0.1) is 5.92 Å². The maximum absolute atomic E-state index is 11.1. The summed E-state index contributed by atoms with van der Waals surface area (Å²) in [5.74, 6) is -1.33. The lowest BCUT2D eigenvalue weighted by Crippen LogP contribution is -2.31. The highest BCUT2D eigenvalue weighted by Crippen LogP contribution is 2.34. The second-order valence-electron chi connectivity index (χ2n) is 4.36. The van der Waals surface area contributed by atoms with E-state index in [0.29, 0.717) is 5.69 Å². The van der Waals surface area contributed by atoms with E-state index in [9.17, 15) is 9.59 Å². The van der Waals surface area contributed by atoms with Crippen LogP contribution in [0.3, 0.4) is 0 Å². The molecule has 0 spiro atoms. The highest BCUT2D eigenvalue weighted by molar-refractivity contribution is 6.34. The summed E-state index contributed by atoms with van der Waals surface area (Å²) in [6.07, 6.45) is 1.83. The Balaban J connectivity index is 2.16. The third-order valence-corrected chi connectivity index (χ3v) is 3.23. The minimum absolute atomic E-state index is 0.164. The lowest BCUT2D eigenvalue weighted by molar-refractivity contribution is -0.138. The average molecular weight is 269 g/mol. The van der Waals surface area contributed by atoms with Gasteiger partial charge in [-0.2, -0.15) is 0 Å². The van der Waals surface area contributed by atoms with Crippen LogP contribution in [-0.2, 0) is 4.79 Å². The maximum Gasteiger partial charge on any atom is 0.326 e. The molecule has 96 valence electrons. The van der Waals surface area contributed by atoms with Gasteiger partial charge >= 0.3 is 5.97 Å². The number of amides is 1. The molecule has 1 aromatic carbocycles. The van der Waals surface area contributed by atoms with E-state index in [4.69, 9.17) is 22.4 Å². The van der Waals surface area contributed by atoms with Gasteiger partial charge in [-0.05, 0) is 37.0 Å². The first-order valence-corrected chi connectivity index (χ1v) is 5.95. The fourth-order valence-electron chi connectivity index (χ4n) is 1.80. The third-order valence-electron chi connectivity index (χ3n) is 2.92. The summed E-state index contributed by atoms with van der Waals surface area (Å²) in [6, 6.07) is 3.99. The van der Waals surface area contributed by atoms with Crippen molar-refractivity contribution >= 4 is 29.2 Å². The molecule has 5 nitrogen and oxygen atoms in total. The van der Waals surface area contributed by atoms with Crippen molar-refractivity contribution in [3.8, 4) is 0 Å². The topological polar surface area (TPSA) is 92.4 Å². The van der Waals surface area contributed by atoms with Gasteiger partial charge in [0.05, 0.1) is 10.6 Å². The molecular formula is C12H13ClN2O3. The normalized spacial score (nSPS) is 16.1. The number of rotatable bonds is 5. The minimum atomic E-state index is -0.882. The van der Waals surface area contributed by atoms with Crippen LogP contribution in [0.2, 0.25) is 5.02 Å². The molecule has 1 amide bonds. The van der Waals surface area contributed by atoms with Gasteiger partial charge in [0.15, 0.2) is 0 Å². The standard InChI is InChI=1S/C12H13ClN2O3/c13-9-5-7(3-4-8(9)11(14)16)15-10(12(17)18)6-1-2-6/h3-6,10,15H,1-2H2,(H2,14,16)(H,17,18). The Kier molecular flexibility index (Phi) is 3.43. The second-order valence-corrected chi connectivity index (χ2v) is 4.76. The van der Waals surface area contributed by atoms with Gasteiger partial charge in [-0.1, -0.05) is 11.6 Å². The zero-order chi connectivity index (χ0) is 13.3. The molecule has 0 aromatic heterocycles. The summed E-state index contributed by atoms with van der Waals surface area (Å²) in [6.45, 7) is 0. The molecule has 4 N–H and O–H groups in total. The number of hydrogen-bond donors (Lipinski definition) is 3. The smallest absolute Gasteiger partial charge is 0.326 e. The molecule has 2 rings (SSSR count). The Hall–Kier alpha value is -1.75. The Bertz CT molecular complexity index is 500. The van der Waals surface area contributed by atoms with Crippen LogP contribution in [0.1, 0.15) is 23.2 Å². The van der Waals surface area contributed by atoms with E-state index in [1.807, 2.05) is 0 Å². The van der Waals surface area contributed by atoms with Gasteiger partial charge < -0.3 is 16.2 Å². The van der Waals surface area contributed by atoms with Crippen molar-refractivity contribution in [3.63, 3.8) is 0 Å². The van der Waals surface area contributed by atoms with Gasteiger partial charge in [0.25, 0.3) is 0 Å². The van der Waals surface area contributed by atoms with Crippen LogP contribution < -0.4 is 11.1 Å². The molecule has 6 heteroatoms. The van der Waals surface area contributed by atoms with Gasteiger partial charge in [0.2, 0.25) is 5.91 Å². The SMILES string of the molecule is NC(=O)c1ccc(NC(C(=O)O)C2CC2)cc1Cl. The molecule has 0 saturated heterocycles. The molecule has 1 aromatic rings. The number of hydrogen-bond acceptors (Lipinski definition) is 3. The number of carbonyl (C=O) groups excluding carboxylic acids is 1. The zero-order valence-electron chi connectivity index (χ0n) is 9.52. The summed E-state index contributed by atoms with van der Waals surface area (Å²) in [7, 11) is 0.